The third-order valence-electron chi connectivity index (χ3n) is 2.12. The number of carbonyl (C=O) groups excluding carboxylic acids is 1. The summed E-state index contributed by atoms with van der Waals surface area (Å²) in [6.07, 6.45) is 0. The highest BCUT2D eigenvalue weighted by Crippen LogP contribution is 2.10. The van der Waals surface area contributed by atoms with E-state index in [9.17, 15) is 9.18 Å². The summed E-state index contributed by atoms with van der Waals surface area (Å²) >= 11 is 0. The molecule has 0 bridgehead atoms. The highest BCUT2D eigenvalue weighted by Gasteiger charge is 2.08. The summed E-state index contributed by atoms with van der Waals surface area (Å²) in [5, 5.41) is 0. The lowest BCUT2D eigenvalue weighted by Crippen LogP contribution is -2.00. The van der Waals surface area contributed by atoms with E-state index in [0.717, 1.165) is 0 Å². The molecule has 0 saturated carbocycles. The molecule has 3 N–H and O–H groups in total. The summed E-state index contributed by atoms with van der Waals surface area (Å²) in [5.74, 6) is -0.549. The van der Waals surface area contributed by atoms with Gasteiger partial charge in [0.15, 0.2) is 5.78 Å². The first-order chi connectivity index (χ1) is 7.27. The van der Waals surface area contributed by atoms with E-state index in [4.69, 9.17) is 0 Å². The highest BCUT2D eigenvalue weighted by atomic mass is 19.1. The summed E-state index contributed by atoms with van der Waals surface area (Å²) in [6.45, 7) is 0. The van der Waals surface area contributed by atoms with Gasteiger partial charge in [-0.1, -0.05) is 42.5 Å². The number of benzene rings is 2. The van der Waals surface area contributed by atoms with Crippen LogP contribution in [-0.4, -0.2) is 5.78 Å². The van der Waals surface area contributed by atoms with Gasteiger partial charge in [-0.15, -0.1) is 0 Å². The maximum atomic E-state index is 12.9. The molecule has 0 saturated heterocycles. The molecule has 0 aliphatic heterocycles. The molecule has 0 atom stereocenters. The van der Waals surface area contributed by atoms with Gasteiger partial charge in [0.25, 0.3) is 0 Å². The zero-order valence-corrected chi connectivity index (χ0v) is 8.69. The largest absolute Gasteiger partial charge is 0.344 e. The van der Waals surface area contributed by atoms with Crippen molar-refractivity contribution in [2.24, 2.45) is 0 Å². The Morgan fingerprint density at radius 1 is 0.875 bits per heavy atom. The summed E-state index contributed by atoms with van der Waals surface area (Å²) in [4.78, 5) is 11.8. The number of carbonyl (C=O) groups is 1. The van der Waals surface area contributed by atoms with Crippen molar-refractivity contribution >= 4 is 5.78 Å². The normalized spacial score (nSPS) is 9.31. The molecule has 3 heteroatoms. The summed E-state index contributed by atoms with van der Waals surface area (Å²) in [6, 6.07) is 14.5. The van der Waals surface area contributed by atoms with Crippen LogP contribution < -0.4 is 6.15 Å². The maximum absolute atomic E-state index is 12.9. The molecule has 0 heterocycles. The molecule has 0 aromatic heterocycles. The van der Waals surface area contributed by atoms with Gasteiger partial charge >= 0.3 is 0 Å². The van der Waals surface area contributed by atoms with E-state index in [1.54, 1.807) is 30.3 Å². The second-order valence-electron chi connectivity index (χ2n) is 3.21. The molecular formula is C13H12FNO. The lowest BCUT2D eigenvalue weighted by molar-refractivity contribution is 0.103. The number of hydrogen-bond acceptors (Lipinski definition) is 2. The van der Waals surface area contributed by atoms with Gasteiger partial charge in [-0.25, -0.2) is 4.39 Å². The lowest BCUT2D eigenvalue weighted by atomic mass is 10.0. The van der Waals surface area contributed by atoms with E-state index in [1.165, 1.54) is 18.2 Å². The van der Waals surface area contributed by atoms with Crippen molar-refractivity contribution in [2.75, 3.05) is 0 Å². The Morgan fingerprint density at radius 2 is 1.50 bits per heavy atom. The first-order valence-corrected chi connectivity index (χ1v) is 4.63. The average Bonchev–Trinajstić information content (AvgIpc) is 2.29. The van der Waals surface area contributed by atoms with Gasteiger partial charge in [0.2, 0.25) is 0 Å². The monoisotopic (exact) mass is 217 g/mol. The lowest BCUT2D eigenvalue weighted by Gasteiger charge is -2.00. The molecule has 2 nitrogen and oxygen atoms in total. The Labute approximate surface area is 93.3 Å². The fourth-order valence-electron chi connectivity index (χ4n) is 1.39. The van der Waals surface area contributed by atoms with Crippen LogP contribution in [0.1, 0.15) is 15.9 Å². The van der Waals surface area contributed by atoms with Crippen molar-refractivity contribution in [3.63, 3.8) is 0 Å². The second-order valence-corrected chi connectivity index (χ2v) is 3.21. The average molecular weight is 217 g/mol. The van der Waals surface area contributed by atoms with Crippen LogP contribution in [0.25, 0.3) is 0 Å². The number of hydrogen-bond donors (Lipinski definition) is 1. The van der Waals surface area contributed by atoms with Crippen LogP contribution >= 0.6 is 0 Å². The third kappa shape index (κ3) is 2.52. The number of halogens is 1. The van der Waals surface area contributed by atoms with Gasteiger partial charge in [0.05, 0.1) is 0 Å². The van der Waals surface area contributed by atoms with E-state index < -0.39 is 5.82 Å². The van der Waals surface area contributed by atoms with Crippen molar-refractivity contribution in [2.45, 2.75) is 0 Å². The van der Waals surface area contributed by atoms with Gasteiger partial charge in [-0.05, 0) is 12.1 Å². The Morgan fingerprint density at radius 3 is 2.12 bits per heavy atom. The van der Waals surface area contributed by atoms with Gasteiger partial charge < -0.3 is 6.15 Å². The second kappa shape index (κ2) is 5.19. The van der Waals surface area contributed by atoms with Gasteiger partial charge in [-0.2, -0.15) is 0 Å². The van der Waals surface area contributed by atoms with Crippen LogP contribution in [0.2, 0.25) is 0 Å². The van der Waals surface area contributed by atoms with E-state index in [-0.39, 0.29) is 11.9 Å². The van der Waals surface area contributed by atoms with Crippen LogP contribution in [0.15, 0.2) is 54.6 Å². The standard InChI is InChI=1S/C13H9FO.H3N/c14-12-8-4-7-11(9-12)13(15)10-5-2-1-3-6-10;/h1-9H;1H3. The Balaban J connectivity index is 0.00000128. The molecule has 0 aliphatic rings. The van der Waals surface area contributed by atoms with Crippen LogP contribution in [0.3, 0.4) is 0 Å². The summed E-state index contributed by atoms with van der Waals surface area (Å²) in [7, 11) is 0. The molecule has 0 unspecified atom stereocenters. The van der Waals surface area contributed by atoms with E-state index in [0.29, 0.717) is 11.1 Å². The van der Waals surface area contributed by atoms with Crippen molar-refractivity contribution in [3.05, 3.63) is 71.5 Å². The third-order valence-corrected chi connectivity index (χ3v) is 2.12. The summed E-state index contributed by atoms with van der Waals surface area (Å²) in [5.41, 5.74) is 0.948. The predicted molar refractivity (Wildman–Crippen MR) is 61.3 cm³/mol. The quantitative estimate of drug-likeness (QED) is 0.785. The topological polar surface area (TPSA) is 52.1 Å². The molecule has 16 heavy (non-hydrogen) atoms. The Hall–Kier alpha value is -2.00. The fourth-order valence-corrected chi connectivity index (χ4v) is 1.39. The maximum Gasteiger partial charge on any atom is 0.193 e. The molecule has 0 amide bonds. The number of rotatable bonds is 2. The van der Waals surface area contributed by atoms with Crippen molar-refractivity contribution in [3.8, 4) is 0 Å². The van der Waals surface area contributed by atoms with Crippen LogP contribution in [-0.2, 0) is 0 Å². The molecule has 0 aliphatic carbocycles. The Kier molecular flexibility index (Phi) is 3.91. The first kappa shape index (κ1) is 12.1. The van der Waals surface area contributed by atoms with Gasteiger partial charge in [0.1, 0.15) is 5.82 Å². The van der Waals surface area contributed by atoms with Crippen molar-refractivity contribution in [1.29, 1.82) is 0 Å². The molecule has 0 radical (unpaired) electrons. The zero-order valence-electron chi connectivity index (χ0n) is 8.69. The minimum absolute atomic E-state index is 0. The molecule has 2 aromatic carbocycles. The highest BCUT2D eigenvalue weighted by molar-refractivity contribution is 6.08. The zero-order chi connectivity index (χ0) is 10.7. The molecule has 2 aromatic rings. The molecule has 0 spiro atoms. The van der Waals surface area contributed by atoms with Crippen molar-refractivity contribution in [1.82, 2.24) is 6.15 Å². The number of ketones is 1. The Bertz CT molecular complexity index is 482. The molecule has 82 valence electrons. The molecule has 2 rings (SSSR count). The SMILES string of the molecule is N.O=C(c1ccccc1)c1cccc(F)c1. The minimum Gasteiger partial charge on any atom is -0.344 e. The van der Waals surface area contributed by atoms with Gasteiger partial charge in [0, 0.05) is 11.1 Å². The van der Waals surface area contributed by atoms with E-state index in [1.807, 2.05) is 6.07 Å². The van der Waals surface area contributed by atoms with Crippen molar-refractivity contribution < 1.29 is 9.18 Å². The van der Waals surface area contributed by atoms with Gasteiger partial charge in [-0.3, -0.25) is 4.79 Å². The van der Waals surface area contributed by atoms with E-state index in [2.05, 4.69) is 0 Å². The first-order valence-electron chi connectivity index (χ1n) is 4.63. The fraction of sp³-hybridized carbons (Fsp3) is 0. The van der Waals surface area contributed by atoms with E-state index >= 15 is 0 Å². The van der Waals surface area contributed by atoms with Crippen LogP contribution in [0.5, 0.6) is 0 Å². The van der Waals surface area contributed by atoms with Crippen LogP contribution in [0.4, 0.5) is 4.39 Å². The van der Waals surface area contributed by atoms with Crippen LogP contribution in [0, 0.1) is 5.82 Å². The predicted octanol–water partition coefficient (Wildman–Crippen LogP) is 3.22. The summed E-state index contributed by atoms with van der Waals surface area (Å²) < 4.78 is 12.9. The smallest absolute Gasteiger partial charge is 0.193 e. The minimum atomic E-state index is -0.392. The molecule has 0 fully saturated rings. The molecular weight excluding hydrogens is 205 g/mol.